The minimum atomic E-state index is -0.737. The van der Waals surface area contributed by atoms with Gasteiger partial charge in [0, 0.05) is 36.2 Å². The van der Waals surface area contributed by atoms with Crippen LogP contribution in [-0.4, -0.2) is 30.5 Å². The molecule has 1 fully saturated rings. The Kier molecular flexibility index (Phi) is 4.28. The second-order valence-electron chi connectivity index (χ2n) is 4.37. The highest BCUT2D eigenvalue weighted by molar-refractivity contribution is 6.35. The van der Waals surface area contributed by atoms with Gasteiger partial charge in [0.25, 0.3) is 0 Å². The van der Waals surface area contributed by atoms with Gasteiger partial charge in [0.1, 0.15) is 5.60 Å². The van der Waals surface area contributed by atoms with Crippen LogP contribution in [0.5, 0.6) is 0 Å². The van der Waals surface area contributed by atoms with Crippen LogP contribution in [0.3, 0.4) is 0 Å². The smallest absolute Gasteiger partial charge is 0.102 e. The van der Waals surface area contributed by atoms with Crippen LogP contribution in [0.15, 0.2) is 18.2 Å². The lowest BCUT2D eigenvalue weighted by molar-refractivity contribution is 0.0268. The summed E-state index contributed by atoms with van der Waals surface area (Å²) in [5.74, 6) is 0. The minimum Gasteiger partial charge on any atom is -0.386 e. The molecule has 2 N–H and O–H groups in total. The van der Waals surface area contributed by atoms with Gasteiger partial charge >= 0.3 is 0 Å². The highest BCUT2D eigenvalue weighted by atomic mass is 35.5. The van der Waals surface area contributed by atoms with Crippen LogP contribution in [0, 0.1) is 0 Å². The quantitative estimate of drug-likeness (QED) is 0.886. The van der Waals surface area contributed by atoms with Crippen LogP contribution in [0.4, 0.5) is 0 Å². The molecule has 0 aliphatic carbocycles. The van der Waals surface area contributed by atoms with E-state index in [2.05, 4.69) is 5.32 Å². The van der Waals surface area contributed by atoms with Gasteiger partial charge in [0.05, 0.1) is 6.61 Å². The van der Waals surface area contributed by atoms with Gasteiger partial charge < -0.3 is 15.2 Å². The van der Waals surface area contributed by atoms with E-state index < -0.39 is 5.60 Å². The van der Waals surface area contributed by atoms with Crippen molar-refractivity contribution < 1.29 is 9.84 Å². The largest absolute Gasteiger partial charge is 0.386 e. The molecule has 3 nitrogen and oxygen atoms in total. The SMILES string of the molecule is OC1(CNCc2ccc(Cl)cc2Cl)CCOC1. The summed E-state index contributed by atoms with van der Waals surface area (Å²) >= 11 is 11.9. The van der Waals surface area contributed by atoms with Crippen LogP contribution in [0.2, 0.25) is 10.0 Å². The van der Waals surface area contributed by atoms with E-state index in [0.29, 0.717) is 42.8 Å². The molecular weight excluding hydrogens is 261 g/mol. The fourth-order valence-electron chi connectivity index (χ4n) is 1.83. The summed E-state index contributed by atoms with van der Waals surface area (Å²) in [5, 5.41) is 14.5. The summed E-state index contributed by atoms with van der Waals surface area (Å²) in [6, 6.07) is 5.40. The van der Waals surface area contributed by atoms with Crippen molar-refractivity contribution in [3.05, 3.63) is 33.8 Å². The van der Waals surface area contributed by atoms with Crippen molar-refractivity contribution in [3.8, 4) is 0 Å². The van der Waals surface area contributed by atoms with Gasteiger partial charge in [-0.05, 0) is 17.7 Å². The maximum absolute atomic E-state index is 10.0. The predicted octanol–water partition coefficient (Wildman–Crippen LogP) is 2.23. The Morgan fingerprint density at radius 3 is 2.88 bits per heavy atom. The summed E-state index contributed by atoms with van der Waals surface area (Å²) in [4.78, 5) is 0. The van der Waals surface area contributed by atoms with E-state index in [0.717, 1.165) is 5.56 Å². The lowest BCUT2D eigenvalue weighted by Crippen LogP contribution is -2.40. The Bertz CT molecular complexity index is 392. The van der Waals surface area contributed by atoms with Crippen LogP contribution >= 0.6 is 23.2 Å². The number of hydrogen-bond donors (Lipinski definition) is 2. The van der Waals surface area contributed by atoms with Crippen molar-refractivity contribution in [1.82, 2.24) is 5.32 Å². The summed E-state index contributed by atoms with van der Waals surface area (Å²) in [6.45, 7) is 2.14. The summed E-state index contributed by atoms with van der Waals surface area (Å²) in [6.07, 6.45) is 0.675. The molecule has 1 heterocycles. The number of nitrogens with one attached hydrogen (secondary N) is 1. The molecule has 0 spiro atoms. The average molecular weight is 276 g/mol. The standard InChI is InChI=1S/C12H15Cl2NO2/c13-10-2-1-9(11(14)5-10)6-15-7-12(16)3-4-17-8-12/h1-2,5,15-16H,3-4,6-8H2. The average Bonchev–Trinajstić information content (AvgIpc) is 2.69. The Labute approximate surface area is 111 Å². The second kappa shape index (κ2) is 5.55. The maximum Gasteiger partial charge on any atom is 0.102 e. The first-order chi connectivity index (χ1) is 8.09. The van der Waals surface area contributed by atoms with E-state index in [-0.39, 0.29) is 0 Å². The van der Waals surface area contributed by atoms with Crippen molar-refractivity contribution in [2.24, 2.45) is 0 Å². The summed E-state index contributed by atoms with van der Waals surface area (Å²) in [5.41, 5.74) is 0.234. The zero-order valence-corrected chi connectivity index (χ0v) is 10.9. The highest BCUT2D eigenvalue weighted by Gasteiger charge is 2.31. The Balaban J connectivity index is 1.85. The molecule has 2 rings (SSSR count). The molecule has 0 radical (unpaired) electrons. The van der Waals surface area contributed by atoms with Crippen LogP contribution in [-0.2, 0) is 11.3 Å². The molecule has 1 saturated heterocycles. The molecule has 94 valence electrons. The number of hydrogen-bond acceptors (Lipinski definition) is 3. The van der Waals surface area contributed by atoms with E-state index in [1.54, 1.807) is 12.1 Å². The molecule has 1 unspecified atom stereocenters. The Morgan fingerprint density at radius 1 is 1.41 bits per heavy atom. The van der Waals surface area contributed by atoms with Crippen LogP contribution < -0.4 is 5.32 Å². The third-order valence-electron chi connectivity index (χ3n) is 2.87. The van der Waals surface area contributed by atoms with E-state index in [4.69, 9.17) is 27.9 Å². The fourth-order valence-corrected chi connectivity index (χ4v) is 2.31. The van der Waals surface area contributed by atoms with Gasteiger partial charge in [-0.25, -0.2) is 0 Å². The predicted molar refractivity (Wildman–Crippen MR) is 68.6 cm³/mol. The van der Waals surface area contributed by atoms with Gasteiger partial charge in [0.2, 0.25) is 0 Å². The molecule has 1 aliphatic rings. The molecule has 0 bridgehead atoms. The zero-order valence-electron chi connectivity index (χ0n) is 9.38. The van der Waals surface area contributed by atoms with Crippen molar-refractivity contribution in [2.45, 2.75) is 18.6 Å². The van der Waals surface area contributed by atoms with Crippen molar-refractivity contribution in [2.75, 3.05) is 19.8 Å². The highest BCUT2D eigenvalue weighted by Crippen LogP contribution is 2.21. The Morgan fingerprint density at radius 2 is 2.24 bits per heavy atom. The normalized spacial score (nSPS) is 24.2. The molecule has 0 saturated carbocycles. The monoisotopic (exact) mass is 275 g/mol. The van der Waals surface area contributed by atoms with Gasteiger partial charge in [-0.1, -0.05) is 29.3 Å². The number of benzene rings is 1. The summed E-state index contributed by atoms with van der Waals surface area (Å²) < 4.78 is 5.17. The van der Waals surface area contributed by atoms with E-state index >= 15 is 0 Å². The van der Waals surface area contributed by atoms with Crippen molar-refractivity contribution in [1.29, 1.82) is 0 Å². The van der Waals surface area contributed by atoms with Gasteiger partial charge in [-0.3, -0.25) is 0 Å². The van der Waals surface area contributed by atoms with Crippen LogP contribution in [0.25, 0.3) is 0 Å². The number of ether oxygens (including phenoxy) is 1. The topological polar surface area (TPSA) is 41.5 Å². The molecule has 17 heavy (non-hydrogen) atoms. The zero-order chi connectivity index (χ0) is 12.3. The summed E-state index contributed by atoms with van der Waals surface area (Å²) in [7, 11) is 0. The fraction of sp³-hybridized carbons (Fsp3) is 0.500. The molecule has 0 amide bonds. The van der Waals surface area contributed by atoms with E-state index in [9.17, 15) is 5.11 Å². The van der Waals surface area contributed by atoms with Gasteiger partial charge in [-0.15, -0.1) is 0 Å². The molecule has 1 aromatic rings. The van der Waals surface area contributed by atoms with E-state index in [1.165, 1.54) is 0 Å². The number of halogens is 2. The van der Waals surface area contributed by atoms with Gasteiger partial charge in [0.15, 0.2) is 0 Å². The first-order valence-corrected chi connectivity index (χ1v) is 6.29. The third kappa shape index (κ3) is 3.57. The van der Waals surface area contributed by atoms with Crippen molar-refractivity contribution in [3.63, 3.8) is 0 Å². The molecule has 0 aromatic heterocycles. The molecule has 1 atom stereocenters. The lowest BCUT2D eigenvalue weighted by Gasteiger charge is -2.20. The molecule has 5 heteroatoms. The maximum atomic E-state index is 10.0. The first kappa shape index (κ1) is 13.1. The molecular formula is C12H15Cl2NO2. The van der Waals surface area contributed by atoms with Crippen molar-refractivity contribution >= 4 is 23.2 Å². The van der Waals surface area contributed by atoms with E-state index in [1.807, 2.05) is 6.07 Å². The number of aliphatic hydroxyl groups is 1. The first-order valence-electron chi connectivity index (χ1n) is 5.54. The minimum absolute atomic E-state index is 0.397. The van der Waals surface area contributed by atoms with Gasteiger partial charge in [-0.2, -0.15) is 0 Å². The lowest BCUT2D eigenvalue weighted by atomic mass is 10.0. The second-order valence-corrected chi connectivity index (χ2v) is 5.21. The molecule has 1 aromatic carbocycles. The molecule has 1 aliphatic heterocycles. The van der Waals surface area contributed by atoms with Crippen LogP contribution in [0.1, 0.15) is 12.0 Å². The number of rotatable bonds is 4. The third-order valence-corrected chi connectivity index (χ3v) is 3.45. The Hall–Kier alpha value is -0.320.